The van der Waals surface area contributed by atoms with E-state index < -0.39 is 36.4 Å². The van der Waals surface area contributed by atoms with Crippen molar-refractivity contribution in [3.05, 3.63) is 72.3 Å². The van der Waals surface area contributed by atoms with Crippen LogP contribution in [0.3, 0.4) is 0 Å². The van der Waals surface area contributed by atoms with Gasteiger partial charge in [0.2, 0.25) is 11.8 Å². The number of hydrogen-bond acceptors (Lipinski definition) is 6. The van der Waals surface area contributed by atoms with Crippen LogP contribution in [0, 0.1) is 11.8 Å². The summed E-state index contributed by atoms with van der Waals surface area (Å²) in [5.41, 5.74) is 1.23. The lowest BCUT2D eigenvalue weighted by atomic mass is 9.85. The smallest absolute Gasteiger partial charge is 0.330 e. The lowest BCUT2D eigenvalue weighted by Gasteiger charge is -2.25. The Balaban J connectivity index is 1.47. The standard InChI is InChI=1S/C27H28N2O6/c1-2-34-23-15-9-8-14-21(23)28-24(30)17-35-27(33)22(16-18-10-4-3-5-11-18)29-25(31)19-12-6-7-13-20(19)26(29)32/h3-11,14-15,19-20,22H,2,12-13,16-17H2,1H3,(H,28,30)/t19-,20-,22-/m0/s1. The Hall–Kier alpha value is -3.94. The summed E-state index contributed by atoms with van der Waals surface area (Å²) in [6.45, 7) is 1.70. The number of benzene rings is 2. The molecule has 4 rings (SSSR count). The van der Waals surface area contributed by atoms with Crippen molar-refractivity contribution in [1.29, 1.82) is 0 Å². The number of allylic oxidation sites excluding steroid dienone is 2. The van der Waals surface area contributed by atoms with E-state index in [1.165, 1.54) is 0 Å². The molecule has 0 aromatic heterocycles. The van der Waals surface area contributed by atoms with E-state index in [0.717, 1.165) is 10.5 Å². The molecule has 2 aliphatic rings. The number of hydrogen-bond donors (Lipinski definition) is 1. The number of amides is 3. The molecular formula is C27H28N2O6. The van der Waals surface area contributed by atoms with Gasteiger partial charge in [0.1, 0.15) is 11.8 Å². The molecular weight excluding hydrogens is 448 g/mol. The van der Waals surface area contributed by atoms with Gasteiger partial charge in [0.15, 0.2) is 6.61 Å². The minimum atomic E-state index is -1.15. The number of fused-ring (bicyclic) bond motifs is 1. The topological polar surface area (TPSA) is 102 Å². The number of esters is 1. The first-order valence-corrected chi connectivity index (χ1v) is 11.7. The Morgan fingerprint density at radius 3 is 2.26 bits per heavy atom. The highest BCUT2D eigenvalue weighted by molar-refractivity contribution is 6.08. The Bertz CT molecular complexity index is 1100. The zero-order valence-electron chi connectivity index (χ0n) is 19.5. The van der Waals surface area contributed by atoms with Crippen molar-refractivity contribution in [1.82, 2.24) is 4.90 Å². The van der Waals surface area contributed by atoms with Gasteiger partial charge in [-0.1, -0.05) is 54.6 Å². The number of nitrogens with zero attached hydrogens (tertiary/aromatic N) is 1. The van der Waals surface area contributed by atoms with Crippen molar-refractivity contribution in [2.75, 3.05) is 18.5 Å². The van der Waals surface area contributed by atoms with Crippen LogP contribution in [0.25, 0.3) is 0 Å². The van der Waals surface area contributed by atoms with Gasteiger partial charge in [-0.05, 0) is 37.5 Å². The zero-order chi connectivity index (χ0) is 24.8. The van der Waals surface area contributed by atoms with Crippen molar-refractivity contribution >= 4 is 29.4 Å². The van der Waals surface area contributed by atoms with Gasteiger partial charge in [-0.3, -0.25) is 19.3 Å². The van der Waals surface area contributed by atoms with Crippen molar-refractivity contribution < 1.29 is 28.7 Å². The summed E-state index contributed by atoms with van der Waals surface area (Å²) in [7, 11) is 0. The Labute approximate surface area is 203 Å². The normalized spacial score (nSPS) is 19.7. The minimum Gasteiger partial charge on any atom is -0.492 e. The first kappa shape index (κ1) is 24.2. The van der Waals surface area contributed by atoms with Crippen LogP contribution in [0.1, 0.15) is 25.3 Å². The highest BCUT2D eigenvalue weighted by Crippen LogP contribution is 2.36. The molecule has 3 atom stereocenters. The Morgan fingerprint density at radius 1 is 0.971 bits per heavy atom. The number of rotatable bonds is 9. The van der Waals surface area contributed by atoms with Gasteiger partial charge in [0.05, 0.1) is 24.1 Å². The van der Waals surface area contributed by atoms with Crippen LogP contribution in [-0.2, 0) is 30.3 Å². The van der Waals surface area contributed by atoms with Crippen LogP contribution in [0.2, 0.25) is 0 Å². The monoisotopic (exact) mass is 476 g/mol. The second-order valence-corrected chi connectivity index (χ2v) is 8.49. The molecule has 3 amide bonds. The van der Waals surface area contributed by atoms with Crippen LogP contribution >= 0.6 is 0 Å². The van der Waals surface area contributed by atoms with Gasteiger partial charge < -0.3 is 14.8 Å². The van der Waals surface area contributed by atoms with E-state index >= 15 is 0 Å². The fourth-order valence-corrected chi connectivity index (χ4v) is 4.52. The predicted molar refractivity (Wildman–Crippen MR) is 128 cm³/mol. The fraction of sp³-hybridized carbons (Fsp3) is 0.333. The summed E-state index contributed by atoms with van der Waals surface area (Å²) < 4.78 is 10.8. The Morgan fingerprint density at radius 2 is 1.60 bits per heavy atom. The van der Waals surface area contributed by atoms with E-state index in [4.69, 9.17) is 9.47 Å². The maximum absolute atomic E-state index is 13.2. The minimum absolute atomic E-state index is 0.110. The summed E-state index contributed by atoms with van der Waals surface area (Å²) in [4.78, 5) is 53.0. The molecule has 0 radical (unpaired) electrons. The number of nitrogens with one attached hydrogen (secondary N) is 1. The zero-order valence-corrected chi connectivity index (χ0v) is 19.5. The SMILES string of the molecule is CCOc1ccccc1NC(=O)COC(=O)[C@H](Cc1ccccc1)N1C(=O)[C@H]2CC=CC[C@@H]2C1=O. The lowest BCUT2D eigenvalue weighted by Crippen LogP contribution is -2.48. The third kappa shape index (κ3) is 5.42. The number of para-hydroxylation sites is 2. The van der Waals surface area contributed by atoms with Gasteiger partial charge in [-0.15, -0.1) is 0 Å². The molecule has 8 heteroatoms. The second-order valence-electron chi connectivity index (χ2n) is 8.49. The van der Waals surface area contributed by atoms with Crippen molar-refractivity contribution in [3.8, 4) is 5.75 Å². The first-order valence-electron chi connectivity index (χ1n) is 11.7. The molecule has 35 heavy (non-hydrogen) atoms. The molecule has 2 aromatic carbocycles. The third-order valence-electron chi connectivity index (χ3n) is 6.20. The van der Waals surface area contributed by atoms with E-state index in [1.807, 2.05) is 49.4 Å². The quantitative estimate of drug-likeness (QED) is 0.339. The molecule has 0 unspecified atom stereocenters. The predicted octanol–water partition coefficient (Wildman–Crippen LogP) is 3.13. The number of anilines is 1. The molecule has 1 fully saturated rings. The van der Waals surface area contributed by atoms with Crippen LogP contribution in [0.5, 0.6) is 5.75 Å². The number of likely N-dealkylation sites (tertiary alicyclic amines) is 1. The van der Waals surface area contributed by atoms with Gasteiger partial charge >= 0.3 is 5.97 Å². The van der Waals surface area contributed by atoms with Crippen molar-refractivity contribution in [2.24, 2.45) is 11.8 Å². The van der Waals surface area contributed by atoms with E-state index in [1.54, 1.807) is 24.3 Å². The molecule has 0 saturated carbocycles. The fourth-order valence-electron chi connectivity index (χ4n) is 4.52. The lowest BCUT2D eigenvalue weighted by molar-refractivity contribution is -0.160. The van der Waals surface area contributed by atoms with E-state index in [-0.39, 0.29) is 18.2 Å². The molecule has 1 heterocycles. The summed E-state index contributed by atoms with van der Waals surface area (Å²) >= 11 is 0. The van der Waals surface area contributed by atoms with Crippen molar-refractivity contribution in [2.45, 2.75) is 32.2 Å². The largest absolute Gasteiger partial charge is 0.492 e. The van der Waals surface area contributed by atoms with Crippen molar-refractivity contribution in [3.63, 3.8) is 0 Å². The summed E-state index contributed by atoms with van der Waals surface area (Å²) in [5.74, 6) is -2.50. The van der Waals surface area contributed by atoms with Crippen LogP contribution in [-0.4, -0.2) is 47.8 Å². The molecule has 1 saturated heterocycles. The van der Waals surface area contributed by atoms with Crippen LogP contribution in [0.15, 0.2) is 66.7 Å². The molecule has 2 aromatic rings. The first-order chi connectivity index (χ1) is 17.0. The highest BCUT2D eigenvalue weighted by atomic mass is 16.5. The molecule has 1 aliphatic carbocycles. The number of ether oxygens (including phenoxy) is 2. The second kappa shape index (κ2) is 11.0. The van der Waals surface area contributed by atoms with E-state index in [0.29, 0.717) is 30.9 Å². The average Bonchev–Trinajstić information content (AvgIpc) is 3.13. The van der Waals surface area contributed by atoms with Crippen LogP contribution in [0.4, 0.5) is 5.69 Å². The highest BCUT2D eigenvalue weighted by Gasteiger charge is 2.51. The molecule has 1 N–H and O–H groups in total. The van der Waals surface area contributed by atoms with Gasteiger partial charge in [0, 0.05) is 6.42 Å². The summed E-state index contributed by atoms with van der Waals surface area (Å²) in [5, 5.41) is 2.67. The number of imide groups is 1. The van der Waals surface area contributed by atoms with Gasteiger partial charge in [-0.2, -0.15) is 0 Å². The van der Waals surface area contributed by atoms with E-state index in [2.05, 4.69) is 5.32 Å². The maximum atomic E-state index is 13.2. The third-order valence-corrected chi connectivity index (χ3v) is 6.20. The van der Waals surface area contributed by atoms with E-state index in [9.17, 15) is 19.2 Å². The maximum Gasteiger partial charge on any atom is 0.330 e. The molecule has 182 valence electrons. The number of carbonyl (C=O) groups is 4. The molecule has 0 bridgehead atoms. The summed E-state index contributed by atoms with van der Waals surface area (Å²) in [6, 6.07) is 14.9. The molecule has 0 spiro atoms. The molecule has 1 aliphatic heterocycles. The molecule has 8 nitrogen and oxygen atoms in total. The summed E-state index contributed by atoms with van der Waals surface area (Å²) in [6.07, 6.45) is 4.84. The average molecular weight is 477 g/mol. The van der Waals surface area contributed by atoms with Gasteiger partial charge in [0.25, 0.3) is 5.91 Å². The van der Waals surface area contributed by atoms with Gasteiger partial charge in [-0.25, -0.2) is 4.79 Å². The van der Waals surface area contributed by atoms with Crippen LogP contribution < -0.4 is 10.1 Å². The number of carbonyl (C=O) groups excluding carboxylic acids is 4. The Kier molecular flexibility index (Phi) is 7.60.